The molecule has 0 aliphatic carbocycles. The highest BCUT2D eigenvalue weighted by atomic mass is 16.5. The van der Waals surface area contributed by atoms with Crippen molar-refractivity contribution in [3.63, 3.8) is 0 Å². The zero-order valence-corrected chi connectivity index (χ0v) is 23.9. The van der Waals surface area contributed by atoms with E-state index in [1.54, 1.807) is 4.90 Å². The Hall–Kier alpha value is -2.62. The fourth-order valence-corrected chi connectivity index (χ4v) is 5.35. The third kappa shape index (κ3) is 9.60. The van der Waals surface area contributed by atoms with Gasteiger partial charge in [-0.15, -0.1) is 0 Å². The van der Waals surface area contributed by atoms with E-state index in [0.717, 1.165) is 36.8 Å². The van der Waals surface area contributed by atoms with Crippen LogP contribution in [0.3, 0.4) is 0 Å². The van der Waals surface area contributed by atoms with E-state index in [1.165, 1.54) is 69.8 Å². The fraction of sp³-hybridized carbons (Fsp3) is 0.588. The maximum absolute atomic E-state index is 13.2. The number of carbonyl (C=O) groups excluding carboxylic acids is 2. The number of likely N-dealkylation sites (tertiary alicyclic amines) is 1. The lowest BCUT2D eigenvalue weighted by atomic mass is 10.00. The van der Waals surface area contributed by atoms with Gasteiger partial charge in [-0.25, -0.2) is 4.79 Å². The SMILES string of the molecule is CCCCCCCCOC(=O)[C@@H]1CCCN1C(=O)c1ccc(-c2ccc(CCCCCCCC)cc2)cc1. The lowest BCUT2D eigenvalue weighted by Gasteiger charge is -2.23. The van der Waals surface area contributed by atoms with Gasteiger partial charge in [0.15, 0.2) is 0 Å². The van der Waals surface area contributed by atoms with Crippen LogP contribution < -0.4 is 0 Å². The number of unbranched alkanes of at least 4 members (excludes halogenated alkanes) is 10. The number of aryl methyl sites for hydroxylation is 1. The summed E-state index contributed by atoms with van der Waals surface area (Å²) in [6.45, 7) is 5.53. The molecule has 1 saturated heterocycles. The molecule has 1 atom stereocenters. The van der Waals surface area contributed by atoms with Gasteiger partial charge in [0.05, 0.1) is 6.61 Å². The molecule has 1 aliphatic heterocycles. The van der Waals surface area contributed by atoms with Crippen LogP contribution in [0.15, 0.2) is 48.5 Å². The van der Waals surface area contributed by atoms with Crippen LogP contribution in [0.1, 0.15) is 120 Å². The third-order valence-corrected chi connectivity index (χ3v) is 7.77. The molecule has 0 unspecified atom stereocenters. The normalized spacial score (nSPS) is 15.1. The molecule has 0 aromatic heterocycles. The van der Waals surface area contributed by atoms with Gasteiger partial charge in [0, 0.05) is 12.1 Å². The number of esters is 1. The van der Waals surface area contributed by atoms with E-state index >= 15 is 0 Å². The predicted molar refractivity (Wildman–Crippen MR) is 157 cm³/mol. The molecule has 0 spiro atoms. The van der Waals surface area contributed by atoms with Gasteiger partial charge in [0.2, 0.25) is 0 Å². The van der Waals surface area contributed by atoms with Crippen molar-refractivity contribution in [2.75, 3.05) is 13.2 Å². The average Bonchev–Trinajstić information content (AvgIpc) is 3.45. The Morgan fingerprint density at radius 3 is 1.92 bits per heavy atom. The van der Waals surface area contributed by atoms with Gasteiger partial charge in [-0.2, -0.15) is 0 Å². The monoisotopic (exact) mass is 519 g/mol. The van der Waals surface area contributed by atoms with Crippen molar-refractivity contribution in [2.45, 2.75) is 116 Å². The second-order valence-corrected chi connectivity index (χ2v) is 10.9. The lowest BCUT2D eigenvalue weighted by molar-refractivity contribution is -0.148. The predicted octanol–water partition coefficient (Wildman–Crippen LogP) is 8.76. The van der Waals surface area contributed by atoms with Crippen LogP contribution in [0.2, 0.25) is 0 Å². The number of nitrogens with zero attached hydrogens (tertiary/aromatic N) is 1. The first-order valence-corrected chi connectivity index (χ1v) is 15.3. The van der Waals surface area contributed by atoms with E-state index in [2.05, 4.69) is 38.1 Å². The minimum atomic E-state index is -0.457. The van der Waals surface area contributed by atoms with Gasteiger partial charge in [-0.05, 0) is 60.9 Å². The van der Waals surface area contributed by atoms with E-state index in [0.29, 0.717) is 25.1 Å². The van der Waals surface area contributed by atoms with Gasteiger partial charge in [0.1, 0.15) is 6.04 Å². The van der Waals surface area contributed by atoms with Gasteiger partial charge in [-0.3, -0.25) is 4.79 Å². The highest BCUT2D eigenvalue weighted by Crippen LogP contribution is 2.25. The van der Waals surface area contributed by atoms with Crippen molar-refractivity contribution < 1.29 is 14.3 Å². The fourth-order valence-electron chi connectivity index (χ4n) is 5.35. The molecular weight excluding hydrogens is 470 g/mol. The Labute approximate surface area is 231 Å². The number of hydrogen-bond donors (Lipinski definition) is 0. The van der Waals surface area contributed by atoms with Crippen LogP contribution in [-0.2, 0) is 16.0 Å². The molecule has 0 bridgehead atoms. The number of benzene rings is 2. The summed E-state index contributed by atoms with van der Waals surface area (Å²) in [5, 5.41) is 0. The molecule has 1 amide bonds. The van der Waals surface area contributed by atoms with Crippen molar-refractivity contribution in [3.05, 3.63) is 59.7 Å². The quantitative estimate of drug-likeness (QED) is 0.155. The van der Waals surface area contributed by atoms with Crippen LogP contribution in [0.25, 0.3) is 11.1 Å². The van der Waals surface area contributed by atoms with Gasteiger partial charge in [0.25, 0.3) is 5.91 Å². The maximum atomic E-state index is 13.2. The second kappa shape index (κ2) is 17.1. The molecule has 1 aliphatic rings. The highest BCUT2D eigenvalue weighted by Gasteiger charge is 2.35. The van der Waals surface area contributed by atoms with E-state index < -0.39 is 6.04 Å². The molecule has 1 heterocycles. The van der Waals surface area contributed by atoms with Gasteiger partial charge in [-0.1, -0.05) is 114 Å². The largest absolute Gasteiger partial charge is 0.464 e. The third-order valence-electron chi connectivity index (χ3n) is 7.77. The van der Waals surface area contributed by atoms with Gasteiger partial charge >= 0.3 is 5.97 Å². The Bertz CT molecular complexity index is 951. The summed E-state index contributed by atoms with van der Waals surface area (Å²) in [5.74, 6) is -0.327. The second-order valence-electron chi connectivity index (χ2n) is 10.9. The Morgan fingerprint density at radius 1 is 0.737 bits per heavy atom. The zero-order chi connectivity index (χ0) is 27.0. The Kier molecular flexibility index (Phi) is 13.4. The van der Waals surface area contributed by atoms with Crippen molar-refractivity contribution in [2.24, 2.45) is 0 Å². The van der Waals surface area contributed by atoms with Gasteiger partial charge < -0.3 is 9.64 Å². The summed E-state index contributed by atoms with van der Waals surface area (Å²) >= 11 is 0. The lowest BCUT2D eigenvalue weighted by Crippen LogP contribution is -2.41. The molecule has 4 heteroatoms. The smallest absolute Gasteiger partial charge is 0.328 e. The molecule has 0 saturated carbocycles. The molecular formula is C34H49NO3. The zero-order valence-electron chi connectivity index (χ0n) is 23.9. The van der Waals surface area contributed by atoms with E-state index in [-0.39, 0.29) is 11.9 Å². The first-order chi connectivity index (χ1) is 18.6. The number of ether oxygens (including phenoxy) is 1. The molecule has 4 nitrogen and oxygen atoms in total. The number of carbonyl (C=O) groups is 2. The Morgan fingerprint density at radius 2 is 1.29 bits per heavy atom. The van der Waals surface area contributed by atoms with Crippen LogP contribution in [0.5, 0.6) is 0 Å². The molecule has 0 radical (unpaired) electrons. The summed E-state index contributed by atoms with van der Waals surface area (Å²) in [4.78, 5) is 27.6. The summed E-state index contributed by atoms with van der Waals surface area (Å²) in [7, 11) is 0. The summed E-state index contributed by atoms with van der Waals surface area (Å²) in [5.41, 5.74) is 4.28. The van der Waals surface area contributed by atoms with E-state index in [9.17, 15) is 9.59 Å². The summed E-state index contributed by atoms with van der Waals surface area (Å²) < 4.78 is 5.55. The van der Waals surface area contributed by atoms with E-state index in [1.807, 2.05) is 24.3 Å². The first-order valence-electron chi connectivity index (χ1n) is 15.3. The van der Waals surface area contributed by atoms with Crippen LogP contribution in [0.4, 0.5) is 0 Å². The highest BCUT2D eigenvalue weighted by molar-refractivity contribution is 5.97. The first kappa shape index (κ1) is 29.9. The minimum absolute atomic E-state index is 0.0788. The number of amides is 1. The molecule has 3 rings (SSSR count). The standard InChI is InChI=1S/C34H49NO3/c1-3-5-7-9-11-13-16-28-18-20-29(21-19-28)30-22-24-31(25-23-30)33(36)35-26-15-17-32(35)34(37)38-27-14-12-10-8-6-4-2/h18-25,32H,3-17,26-27H2,1-2H3/t32-/m0/s1. The van der Waals surface area contributed by atoms with Crippen molar-refractivity contribution in [1.82, 2.24) is 4.90 Å². The van der Waals surface area contributed by atoms with Crippen LogP contribution in [0, 0.1) is 0 Å². The molecule has 2 aromatic rings. The topological polar surface area (TPSA) is 46.6 Å². The molecule has 0 N–H and O–H groups in total. The average molecular weight is 520 g/mol. The summed E-state index contributed by atoms with van der Waals surface area (Å²) in [6, 6.07) is 16.2. The maximum Gasteiger partial charge on any atom is 0.328 e. The summed E-state index contributed by atoms with van der Waals surface area (Å²) in [6.07, 6.45) is 17.5. The number of rotatable bonds is 17. The Balaban J connectivity index is 1.46. The van der Waals surface area contributed by atoms with Crippen molar-refractivity contribution in [1.29, 1.82) is 0 Å². The molecule has 208 valence electrons. The van der Waals surface area contributed by atoms with Crippen molar-refractivity contribution >= 4 is 11.9 Å². The molecule has 1 fully saturated rings. The van der Waals surface area contributed by atoms with Crippen molar-refractivity contribution in [3.8, 4) is 11.1 Å². The molecule has 38 heavy (non-hydrogen) atoms. The number of hydrogen-bond acceptors (Lipinski definition) is 3. The molecule has 2 aromatic carbocycles. The minimum Gasteiger partial charge on any atom is -0.464 e. The van der Waals surface area contributed by atoms with Crippen LogP contribution >= 0.6 is 0 Å². The van der Waals surface area contributed by atoms with Crippen LogP contribution in [-0.4, -0.2) is 36.0 Å². The van der Waals surface area contributed by atoms with E-state index in [4.69, 9.17) is 4.74 Å².